The fourth-order valence-corrected chi connectivity index (χ4v) is 5.15. The number of hydrogen-bond donors (Lipinski definition) is 1. The van der Waals surface area contributed by atoms with Crippen LogP contribution in [0.15, 0.2) is 0 Å². The average molecular weight is 370 g/mol. The molecule has 2 aliphatic heterocycles. The molecule has 4 atom stereocenters. The van der Waals surface area contributed by atoms with Crippen molar-refractivity contribution in [1.82, 2.24) is 9.80 Å². The van der Waals surface area contributed by atoms with Crippen LogP contribution in [0.4, 0.5) is 9.18 Å². The van der Waals surface area contributed by atoms with Crippen LogP contribution in [0.25, 0.3) is 0 Å². The summed E-state index contributed by atoms with van der Waals surface area (Å²) in [6, 6.07) is -0.0583. The van der Waals surface area contributed by atoms with Crippen molar-refractivity contribution in [3.8, 4) is 0 Å². The van der Waals surface area contributed by atoms with Crippen molar-refractivity contribution in [3.05, 3.63) is 0 Å². The van der Waals surface area contributed by atoms with Crippen LogP contribution >= 0.6 is 0 Å². The molecular weight excluding hydrogens is 348 g/mol. The predicted molar refractivity (Wildman–Crippen MR) is 64.7 cm³/mol. The SMILES string of the molecule is C[I-]C1CN(C(=O)N2CC(F)CC2N)CCC1C. The molecule has 6 heteroatoms. The third kappa shape index (κ3) is 2.89. The summed E-state index contributed by atoms with van der Waals surface area (Å²) in [5, 5.41) is 0. The number of nitrogens with zero attached hydrogens (tertiary/aromatic N) is 2. The summed E-state index contributed by atoms with van der Waals surface area (Å²) < 4.78 is 13.9. The Bertz CT molecular complexity index is 318. The zero-order chi connectivity index (χ0) is 13.3. The fourth-order valence-electron chi connectivity index (χ4n) is 2.69. The van der Waals surface area contributed by atoms with E-state index in [-0.39, 0.29) is 40.2 Å². The molecule has 2 N–H and O–H groups in total. The third-order valence-electron chi connectivity index (χ3n) is 3.96. The molecule has 2 fully saturated rings. The minimum atomic E-state index is -0.956. The molecule has 0 bridgehead atoms. The van der Waals surface area contributed by atoms with Crippen LogP contribution in [0.5, 0.6) is 0 Å². The topological polar surface area (TPSA) is 49.6 Å². The van der Waals surface area contributed by atoms with Crippen LogP contribution in [0, 0.1) is 5.92 Å². The molecule has 106 valence electrons. The second-order valence-corrected chi connectivity index (χ2v) is 8.13. The first-order valence-corrected chi connectivity index (χ1v) is 9.86. The predicted octanol–water partition coefficient (Wildman–Crippen LogP) is -2.14. The number of nitrogens with two attached hydrogens (primary N) is 1. The Labute approximate surface area is 118 Å². The van der Waals surface area contributed by atoms with Gasteiger partial charge >= 0.3 is 118 Å². The molecule has 0 aliphatic carbocycles. The van der Waals surface area contributed by atoms with Gasteiger partial charge in [0.05, 0.1) is 0 Å². The van der Waals surface area contributed by atoms with E-state index < -0.39 is 12.3 Å². The number of amides is 2. The van der Waals surface area contributed by atoms with Gasteiger partial charge in [0.25, 0.3) is 0 Å². The number of carbonyl (C=O) groups is 1. The molecular formula is C12H22FIN3O-. The number of rotatable bonds is 1. The molecule has 2 rings (SSSR count). The second kappa shape index (κ2) is 5.90. The van der Waals surface area contributed by atoms with Crippen molar-refractivity contribution in [2.45, 2.75) is 36.0 Å². The van der Waals surface area contributed by atoms with Crippen LogP contribution in [-0.2, 0) is 0 Å². The van der Waals surface area contributed by atoms with E-state index >= 15 is 0 Å². The third-order valence-corrected chi connectivity index (χ3v) is 7.18. The van der Waals surface area contributed by atoms with Gasteiger partial charge in [-0.2, -0.15) is 0 Å². The maximum atomic E-state index is 13.3. The van der Waals surface area contributed by atoms with Gasteiger partial charge in [-0.05, 0) is 0 Å². The first-order valence-electron chi connectivity index (χ1n) is 6.46. The number of halogens is 2. The Balaban J connectivity index is 1.97. The van der Waals surface area contributed by atoms with Gasteiger partial charge in [-0.15, -0.1) is 0 Å². The molecule has 4 unspecified atom stereocenters. The van der Waals surface area contributed by atoms with E-state index in [9.17, 15) is 9.18 Å². The number of piperidine rings is 1. The zero-order valence-electron chi connectivity index (χ0n) is 11.0. The Morgan fingerprint density at radius 3 is 2.72 bits per heavy atom. The van der Waals surface area contributed by atoms with Gasteiger partial charge in [0.2, 0.25) is 0 Å². The van der Waals surface area contributed by atoms with Crippen molar-refractivity contribution >= 4 is 6.03 Å². The normalized spacial score (nSPS) is 37.3. The molecule has 2 aliphatic rings. The molecule has 2 heterocycles. The van der Waals surface area contributed by atoms with Gasteiger partial charge < -0.3 is 0 Å². The van der Waals surface area contributed by atoms with Gasteiger partial charge in [0, 0.05) is 0 Å². The Morgan fingerprint density at radius 1 is 1.44 bits per heavy atom. The summed E-state index contributed by atoms with van der Waals surface area (Å²) in [4.78, 5) is 18.0. The summed E-state index contributed by atoms with van der Waals surface area (Å²) in [7, 11) is 0. The van der Waals surface area contributed by atoms with E-state index in [1.54, 1.807) is 0 Å². The number of likely N-dealkylation sites (tertiary alicyclic amines) is 2. The number of carbonyl (C=O) groups excluding carboxylic acids is 1. The second-order valence-electron chi connectivity index (χ2n) is 5.28. The zero-order valence-corrected chi connectivity index (χ0v) is 13.1. The van der Waals surface area contributed by atoms with Crippen molar-refractivity contribution in [1.29, 1.82) is 0 Å². The van der Waals surface area contributed by atoms with Gasteiger partial charge in [-0.3, -0.25) is 0 Å². The molecule has 2 amide bonds. The van der Waals surface area contributed by atoms with Crippen LogP contribution in [0.1, 0.15) is 19.8 Å². The van der Waals surface area contributed by atoms with Gasteiger partial charge in [0.15, 0.2) is 0 Å². The minimum absolute atomic E-state index is 0.0583. The molecule has 0 aromatic heterocycles. The molecule has 0 saturated carbocycles. The van der Waals surface area contributed by atoms with E-state index in [1.807, 2.05) is 4.90 Å². The number of urea groups is 1. The Hall–Kier alpha value is -0.110. The van der Waals surface area contributed by atoms with E-state index in [1.165, 1.54) is 4.90 Å². The Morgan fingerprint density at radius 2 is 2.17 bits per heavy atom. The van der Waals surface area contributed by atoms with Crippen molar-refractivity contribution in [2.75, 3.05) is 24.6 Å². The monoisotopic (exact) mass is 370 g/mol. The van der Waals surface area contributed by atoms with Crippen molar-refractivity contribution in [2.24, 2.45) is 11.7 Å². The molecule has 2 saturated heterocycles. The standard InChI is InChI=1S/C12H22FIN3O/c1-8-3-4-16(7-10(8)14-2)12(18)17-6-9(13)5-11(17)15/h8-11H,3-7,15H2,1-2H3/q-1. The van der Waals surface area contributed by atoms with E-state index in [4.69, 9.17) is 5.73 Å². The fraction of sp³-hybridized carbons (Fsp3) is 0.917. The van der Waals surface area contributed by atoms with Crippen LogP contribution < -0.4 is 26.9 Å². The first-order chi connectivity index (χ1) is 8.52. The maximum absolute atomic E-state index is 13.3. The van der Waals surface area contributed by atoms with E-state index in [2.05, 4.69) is 11.9 Å². The number of alkyl halides is 3. The molecule has 0 aromatic carbocycles. The molecule has 0 aromatic rings. The van der Waals surface area contributed by atoms with Crippen LogP contribution in [-0.4, -0.2) is 56.7 Å². The summed E-state index contributed by atoms with van der Waals surface area (Å²) in [5.41, 5.74) is 5.82. The summed E-state index contributed by atoms with van der Waals surface area (Å²) in [6.45, 7) is 4.07. The summed E-state index contributed by atoms with van der Waals surface area (Å²) in [6.07, 6.45) is -0.0599. The Kier molecular flexibility index (Phi) is 4.69. The van der Waals surface area contributed by atoms with Gasteiger partial charge in [0.1, 0.15) is 0 Å². The quantitative estimate of drug-likeness (QED) is 0.423. The van der Waals surface area contributed by atoms with Gasteiger partial charge in [-0.25, -0.2) is 0 Å². The molecule has 18 heavy (non-hydrogen) atoms. The average Bonchev–Trinajstić information content (AvgIpc) is 2.68. The van der Waals surface area contributed by atoms with Crippen LogP contribution in [0.2, 0.25) is 0 Å². The molecule has 0 spiro atoms. The van der Waals surface area contributed by atoms with Crippen LogP contribution in [0.3, 0.4) is 0 Å². The van der Waals surface area contributed by atoms with E-state index in [0.717, 1.165) is 19.5 Å². The van der Waals surface area contributed by atoms with Crippen molar-refractivity contribution in [3.63, 3.8) is 0 Å². The molecule has 0 radical (unpaired) electrons. The summed E-state index contributed by atoms with van der Waals surface area (Å²) in [5.74, 6) is 0.716. The molecule has 4 nitrogen and oxygen atoms in total. The van der Waals surface area contributed by atoms with Gasteiger partial charge in [-0.1, -0.05) is 0 Å². The first kappa shape index (κ1) is 14.3. The van der Waals surface area contributed by atoms with Crippen molar-refractivity contribution < 1.29 is 30.4 Å². The number of hydrogen-bond acceptors (Lipinski definition) is 2. The van der Waals surface area contributed by atoms with E-state index in [0.29, 0.717) is 9.84 Å². The summed E-state index contributed by atoms with van der Waals surface area (Å²) >= 11 is 0.142.